The summed E-state index contributed by atoms with van der Waals surface area (Å²) in [7, 11) is 0. The molecular formula is C15H22FNS. The molecule has 1 saturated carbocycles. The van der Waals surface area contributed by atoms with E-state index in [0.29, 0.717) is 0 Å². The van der Waals surface area contributed by atoms with Crippen LogP contribution in [0.1, 0.15) is 38.2 Å². The molecule has 2 rings (SSSR count). The van der Waals surface area contributed by atoms with E-state index < -0.39 is 0 Å². The Labute approximate surface area is 113 Å². The Morgan fingerprint density at radius 1 is 1.39 bits per heavy atom. The van der Waals surface area contributed by atoms with E-state index in [2.05, 4.69) is 0 Å². The third kappa shape index (κ3) is 3.72. The molecule has 1 aliphatic rings. The van der Waals surface area contributed by atoms with Gasteiger partial charge in [-0.05, 0) is 43.7 Å². The summed E-state index contributed by atoms with van der Waals surface area (Å²) in [4.78, 5) is 0.821. The fourth-order valence-corrected chi connectivity index (χ4v) is 3.88. The lowest BCUT2D eigenvalue weighted by molar-refractivity contribution is 0.589. The third-order valence-electron chi connectivity index (χ3n) is 3.53. The quantitative estimate of drug-likeness (QED) is 0.816. The lowest BCUT2D eigenvalue weighted by atomic mass is 10.1. The Hall–Kier alpha value is -0.540. The predicted molar refractivity (Wildman–Crippen MR) is 76.4 cm³/mol. The van der Waals surface area contributed by atoms with Crippen LogP contribution < -0.4 is 5.73 Å². The molecule has 1 atom stereocenters. The molecule has 1 aromatic rings. The first-order chi connectivity index (χ1) is 8.66. The van der Waals surface area contributed by atoms with Crippen LogP contribution in [0.4, 0.5) is 4.39 Å². The van der Waals surface area contributed by atoms with Crippen LogP contribution in [0.3, 0.4) is 0 Å². The molecule has 1 aromatic carbocycles. The zero-order chi connectivity index (χ0) is 13.0. The molecule has 0 saturated heterocycles. The molecule has 1 aliphatic carbocycles. The van der Waals surface area contributed by atoms with Gasteiger partial charge in [0, 0.05) is 16.7 Å². The minimum Gasteiger partial charge on any atom is -0.328 e. The second-order valence-electron chi connectivity index (χ2n) is 5.37. The maximum Gasteiger partial charge on any atom is 0.137 e. The van der Waals surface area contributed by atoms with Gasteiger partial charge in [-0.3, -0.25) is 0 Å². The highest BCUT2D eigenvalue weighted by molar-refractivity contribution is 7.99. The molecule has 0 amide bonds. The molecule has 1 nitrogen and oxygen atoms in total. The van der Waals surface area contributed by atoms with Crippen LogP contribution in [0, 0.1) is 11.7 Å². The molecule has 0 aromatic heterocycles. The van der Waals surface area contributed by atoms with E-state index >= 15 is 0 Å². The SMILES string of the molecule is CC(N)Cc1cccc(F)c1SCC1CCCC1. The first-order valence-electron chi connectivity index (χ1n) is 6.82. The number of benzene rings is 1. The highest BCUT2D eigenvalue weighted by Crippen LogP contribution is 2.33. The van der Waals surface area contributed by atoms with Crippen LogP contribution in [0.5, 0.6) is 0 Å². The molecule has 1 unspecified atom stereocenters. The van der Waals surface area contributed by atoms with E-state index in [-0.39, 0.29) is 11.9 Å². The fourth-order valence-electron chi connectivity index (χ4n) is 2.60. The van der Waals surface area contributed by atoms with Gasteiger partial charge >= 0.3 is 0 Å². The van der Waals surface area contributed by atoms with E-state index in [9.17, 15) is 4.39 Å². The van der Waals surface area contributed by atoms with Gasteiger partial charge in [0.1, 0.15) is 5.82 Å². The Balaban J connectivity index is 2.04. The molecule has 100 valence electrons. The van der Waals surface area contributed by atoms with Crippen LogP contribution in [-0.4, -0.2) is 11.8 Å². The van der Waals surface area contributed by atoms with Crippen molar-refractivity contribution in [3.63, 3.8) is 0 Å². The van der Waals surface area contributed by atoms with Crippen molar-refractivity contribution in [1.82, 2.24) is 0 Å². The maximum atomic E-state index is 13.9. The van der Waals surface area contributed by atoms with Crippen molar-refractivity contribution in [2.45, 2.75) is 50.0 Å². The number of halogens is 1. The van der Waals surface area contributed by atoms with E-state index in [1.165, 1.54) is 25.7 Å². The molecule has 18 heavy (non-hydrogen) atoms. The molecule has 1 fully saturated rings. The van der Waals surface area contributed by atoms with Crippen molar-refractivity contribution in [2.75, 3.05) is 5.75 Å². The van der Waals surface area contributed by atoms with Crippen LogP contribution >= 0.6 is 11.8 Å². The molecule has 0 bridgehead atoms. The molecule has 0 radical (unpaired) electrons. The largest absolute Gasteiger partial charge is 0.328 e. The van der Waals surface area contributed by atoms with Crippen molar-refractivity contribution in [2.24, 2.45) is 11.7 Å². The summed E-state index contributed by atoms with van der Waals surface area (Å²) in [5.41, 5.74) is 6.89. The smallest absolute Gasteiger partial charge is 0.137 e. The summed E-state index contributed by atoms with van der Waals surface area (Å²) in [6.45, 7) is 1.97. The Morgan fingerprint density at radius 2 is 2.11 bits per heavy atom. The van der Waals surface area contributed by atoms with Crippen molar-refractivity contribution >= 4 is 11.8 Å². The zero-order valence-corrected chi connectivity index (χ0v) is 11.8. The second-order valence-corrected chi connectivity index (χ2v) is 6.40. The number of hydrogen-bond acceptors (Lipinski definition) is 2. The lowest BCUT2D eigenvalue weighted by Crippen LogP contribution is -2.18. The summed E-state index contributed by atoms with van der Waals surface area (Å²) in [5, 5.41) is 0. The summed E-state index contributed by atoms with van der Waals surface area (Å²) in [6, 6.07) is 5.43. The van der Waals surface area contributed by atoms with Gasteiger partial charge in [-0.15, -0.1) is 11.8 Å². The van der Waals surface area contributed by atoms with Crippen LogP contribution in [0.15, 0.2) is 23.1 Å². The number of rotatable bonds is 5. The first-order valence-corrected chi connectivity index (χ1v) is 7.81. The van der Waals surface area contributed by atoms with Gasteiger partial charge in [0.05, 0.1) is 0 Å². The van der Waals surface area contributed by atoms with Gasteiger partial charge in [-0.25, -0.2) is 4.39 Å². The van der Waals surface area contributed by atoms with Crippen LogP contribution in [0.2, 0.25) is 0 Å². The summed E-state index contributed by atoms with van der Waals surface area (Å²) in [5.74, 6) is 1.74. The highest BCUT2D eigenvalue weighted by atomic mass is 32.2. The molecular weight excluding hydrogens is 245 g/mol. The standard InChI is InChI=1S/C15H22FNS/c1-11(17)9-13-7-4-8-14(16)15(13)18-10-12-5-2-3-6-12/h4,7-8,11-12H,2-3,5-6,9-10,17H2,1H3. The predicted octanol–water partition coefficient (Wildman–Crippen LogP) is 4.00. The maximum absolute atomic E-state index is 13.9. The van der Waals surface area contributed by atoms with Gasteiger partial charge in [0.25, 0.3) is 0 Å². The zero-order valence-electron chi connectivity index (χ0n) is 11.0. The Bertz CT molecular complexity index is 386. The molecule has 2 N–H and O–H groups in total. The average Bonchev–Trinajstić information content (AvgIpc) is 2.80. The normalized spacial score (nSPS) is 18.2. The van der Waals surface area contributed by atoms with Crippen LogP contribution in [0.25, 0.3) is 0 Å². The summed E-state index contributed by atoms with van der Waals surface area (Å²) >= 11 is 1.68. The van der Waals surface area contributed by atoms with Crippen LogP contribution in [-0.2, 0) is 6.42 Å². The van der Waals surface area contributed by atoms with E-state index in [1.54, 1.807) is 23.9 Å². The van der Waals surface area contributed by atoms with Crippen molar-refractivity contribution in [1.29, 1.82) is 0 Å². The number of hydrogen-bond donors (Lipinski definition) is 1. The van der Waals surface area contributed by atoms with Gasteiger partial charge < -0.3 is 5.73 Å². The van der Waals surface area contributed by atoms with E-state index in [0.717, 1.165) is 28.6 Å². The lowest BCUT2D eigenvalue weighted by Gasteiger charge is -2.14. The average molecular weight is 267 g/mol. The number of nitrogens with two attached hydrogens (primary N) is 1. The van der Waals surface area contributed by atoms with Gasteiger partial charge in [0.15, 0.2) is 0 Å². The van der Waals surface area contributed by atoms with Crippen molar-refractivity contribution in [3.8, 4) is 0 Å². The Morgan fingerprint density at radius 3 is 2.78 bits per heavy atom. The Kier molecular flexibility index (Phi) is 5.07. The van der Waals surface area contributed by atoms with Gasteiger partial charge in [-0.2, -0.15) is 0 Å². The third-order valence-corrected chi connectivity index (χ3v) is 4.91. The van der Waals surface area contributed by atoms with Gasteiger partial charge in [-0.1, -0.05) is 25.0 Å². The van der Waals surface area contributed by atoms with E-state index in [1.807, 2.05) is 13.0 Å². The van der Waals surface area contributed by atoms with Crippen molar-refractivity contribution < 1.29 is 4.39 Å². The highest BCUT2D eigenvalue weighted by Gasteiger charge is 2.17. The molecule has 0 heterocycles. The first kappa shape index (κ1) is 13.9. The fraction of sp³-hybridized carbons (Fsp3) is 0.600. The minimum atomic E-state index is -0.0869. The van der Waals surface area contributed by atoms with Gasteiger partial charge in [0.2, 0.25) is 0 Å². The van der Waals surface area contributed by atoms with E-state index in [4.69, 9.17) is 5.73 Å². The summed E-state index contributed by atoms with van der Waals surface area (Å²) < 4.78 is 13.9. The van der Waals surface area contributed by atoms with Crippen molar-refractivity contribution in [3.05, 3.63) is 29.6 Å². The molecule has 3 heteroatoms. The minimum absolute atomic E-state index is 0.0811. The monoisotopic (exact) mass is 267 g/mol. The molecule has 0 aliphatic heterocycles. The molecule has 0 spiro atoms. The number of thioether (sulfide) groups is 1. The summed E-state index contributed by atoms with van der Waals surface area (Å²) in [6.07, 6.45) is 6.06. The topological polar surface area (TPSA) is 26.0 Å². The second kappa shape index (κ2) is 6.58.